The minimum atomic E-state index is -1.04. The number of benzene rings is 1. The van der Waals surface area contributed by atoms with Gasteiger partial charge in [0, 0.05) is 12.3 Å². The molecule has 1 aromatic heterocycles. The quantitative estimate of drug-likeness (QED) is 0.451. The van der Waals surface area contributed by atoms with Crippen LogP contribution in [-0.4, -0.2) is 29.8 Å². The molecule has 1 aromatic carbocycles. The van der Waals surface area contributed by atoms with Gasteiger partial charge in [-0.3, -0.25) is 14.4 Å². The molecule has 1 unspecified atom stereocenters. The predicted molar refractivity (Wildman–Crippen MR) is 101 cm³/mol. The van der Waals surface area contributed by atoms with E-state index in [1.165, 1.54) is 11.3 Å². The van der Waals surface area contributed by atoms with Gasteiger partial charge in [-0.05, 0) is 41.4 Å². The Labute approximate surface area is 159 Å². The van der Waals surface area contributed by atoms with Crippen molar-refractivity contribution in [3.63, 3.8) is 0 Å². The summed E-state index contributed by atoms with van der Waals surface area (Å²) in [5.41, 5.74) is 0.707. The summed E-state index contributed by atoms with van der Waals surface area (Å²) in [7, 11) is 1.55. The molecule has 0 bridgehead atoms. The molecule has 134 valence electrons. The van der Waals surface area contributed by atoms with Gasteiger partial charge in [-0.1, -0.05) is 18.2 Å². The maximum absolute atomic E-state index is 12.6. The Morgan fingerprint density at radius 2 is 1.85 bits per heavy atom. The standard InChI is InChI=1S/C18H16N2O4S2/c1-24-11-6-4-10(5-7-11)12(9-13(21)14-3-2-8-26-14)15-16(22)19-18(25)20-17(15)23/h2-8,12,15H,9H2,1H3,(H2,19,20,22,23,25). The van der Waals surface area contributed by atoms with Crippen molar-refractivity contribution in [2.75, 3.05) is 7.11 Å². The van der Waals surface area contributed by atoms with Gasteiger partial charge in [0.05, 0.1) is 12.0 Å². The van der Waals surface area contributed by atoms with Gasteiger partial charge in [-0.2, -0.15) is 0 Å². The summed E-state index contributed by atoms with van der Waals surface area (Å²) in [6, 6.07) is 10.5. The van der Waals surface area contributed by atoms with Gasteiger partial charge in [0.15, 0.2) is 10.9 Å². The summed E-state index contributed by atoms with van der Waals surface area (Å²) in [5, 5.41) is 6.73. The topological polar surface area (TPSA) is 84.5 Å². The van der Waals surface area contributed by atoms with Crippen LogP contribution < -0.4 is 15.4 Å². The molecule has 1 fully saturated rings. The highest BCUT2D eigenvalue weighted by Gasteiger charge is 2.40. The van der Waals surface area contributed by atoms with Crippen LogP contribution in [0.4, 0.5) is 0 Å². The van der Waals surface area contributed by atoms with Gasteiger partial charge in [-0.25, -0.2) is 0 Å². The first-order valence-electron chi connectivity index (χ1n) is 7.86. The summed E-state index contributed by atoms with van der Waals surface area (Å²) < 4.78 is 5.15. The van der Waals surface area contributed by atoms with Crippen LogP contribution in [-0.2, 0) is 9.59 Å². The Morgan fingerprint density at radius 3 is 2.38 bits per heavy atom. The van der Waals surface area contributed by atoms with E-state index in [0.29, 0.717) is 16.2 Å². The number of ketones is 1. The molecule has 0 aliphatic carbocycles. The summed E-state index contributed by atoms with van der Waals surface area (Å²) in [4.78, 5) is 38.1. The van der Waals surface area contributed by atoms with Gasteiger partial charge in [0.2, 0.25) is 11.8 Å². The largest absolute Gasteiger partial charge is 0.497 e. The van der Waals surface area contributed by atoms with Crippen molar-refractivity contribution < 1.29 is 19.1 Å². The second-order valence-electron chi connectivity index (χ2n) is 5.77. The van der Waals surface area contributed by atoms with Gasteiger partial charge in [-0.15, -0.1) is 11.3 Å². The number of nitrogens with one attached hydrogen (secondary N) is 2. The van der Waals surface area contributed by atoms with E-state index in [0.717, 1.165) is 0 Å². The lowest BCUT2D eigenvalue weighted by Crippen LogP contribution is -2.57. The van der Waals surface area contributed by atoms with E-state index in [1.807, 2.05) is 5.38 Å². The zero-order valence-electron chi connectivity index (χ0n) is 13.9. The van der Waals surface area contributed by atoms with E-state index in [2.05, 4.69) is 10.6 Å². The fraction of sp³-hybridized carbons (Fsp3) is 0.222. The van der Waals surface area contributed by atoms with Crippen molar-refractivity contribution in [2.24, 2.45) is 5.92 Å². The molecule has 2 N–H and O–H groups in total. The molecule has 0 saturated carbocycles. The van der Waals surface area contributed by atoms with Crippen molar-refractivity contribution in [1.29, 1.82) is 0 Å². The molecule has 2 heterocycles. The van der Waals surface area contributed by atoms with Gasteiger partial charge in [0.25, 0.3) is 0 Å². The monoisotopic (exact) mass is 388 g/mol. The molecule has 1 aliphatic rings. The van der Waals surface area contributed by atoms with Crippen LogP contribution in [0.2, 0.25) is 0 Å². The van der Waals surface area contributed by atoms with E-state index < -0.39 is 23.7 Å². The molecule has 3 rings (SSSR count). The number of Topliss-reactive ketones (excluding diaryl/α,β-unsaturated/α-hetero) is 1. The molecule has 2 amide bonds. The summed E-state index contributed by atoms with van der Waals surface area (Å²) in [6.07, 6.45) is 0.0328. The maximum atomic E-state index is 12.6. The second-order valence-corrected chi connectivity index (χ2v) is 7.13. The summed E-state index contributed by atoms with van der Waals surface area (Å²) in [5.74, 6) is -2.12. The third-order valence-electron chi connectivity index (χ3n) is 4.19. The average molecular weight is 388 g/mol. The Morgan fingerprint density at radius 1 is 1.19 bits per heavy atom. The number of ether oxygens (including phenoxy) is 1. The average Bonchev–Trinajstić information content (AvgIpc) is 3.15. The number of thiophene rings is 1. The summed E-state index contributed by atoms with van der Waals surface area (Å²) in [6.45, 7) is 0. The van der Waals surface area contributed by atoms with Gasteiger partial charge < -0.3 is 15.4 Å². The number of amides is 2. The van der Waals surface area contributed by atoms with E-state index in [4.69, 9.17) is 17.0 Å². The Bertz CT molecular complexity index is 827. The number of methoxy groups -OCH3 is 1. The highest BCUT2D eigenvalue weighted by molar-refractivity contribution is 7.80. The molecule has 2 aromatic rings. The zero-order chi connectivity index (χ0) is 18.7. The summed E-state index contributed by atoms with van der Waals surface area (Å²) >= 11 is 6.19. The smallest absolute Gasteiger partial charge is 0.239 e. The van der Waals surface area contributed by atoms with Crippen LogP contribution in [0.15, 0.2) is 41.8 Å². The number of hydrogen-bond donors (Lipinski definition) is 2. The fourth-order valence-electron chi connectivity index (χ4n) is 2.91. The lowest BCUT2D eigenvalue weighted by molar-refractivity contribution is -0.136. The molecule has 6 nitrogen and oxygen atoms in total. The number of carbonyl (C=O) groups excluding carboxylic acids is 3. The molecule has 8 heteroatoms. The fourth-order valence-corrected chi connectivity index (χ4v) is 3.79. The lowest BCUT2D eigenvalue weighted by Gasteiger charge is -2.29. The Hall–Kier alpha value is -2.58. The molecule has 1 aliphatic heterocycles. The number of rotatable bonds is 6. The van der Waals surface area contributed by atoms with E-state index in [-0.39, 0.29) is 17.3 Å². The first kappa shape index (κ1) is 18.2. The minimum Gasteiger partial charge on any atom is -0.497 e. The van der Waals surface area contributed by atoms with Crippen molar-refractivity contribution >= 4 is 46.3 Å². The van der Waals surface area contributed by atoms with Crippen LogP contribution in [0.5, 0.6) is 5.75 Å². The SMILES string of the molecule is COc1ccc(C(CC(=O)c2cccs2)C2C(=O)NC(=S)NC2=O)cc1. The van der Waals surface area contributed by atoms with Crippen molar-refractivity contribution in [2.45, 2.75) is 12.3 Å². The van der Waals surface area contributed by atoms with Crippen LogP contribution >= 0.6 is 23.6 Å². The maximum Gasteiger partial charge on any atom is 0.239 e. The zero-order valence-corrected chi connectivity index (χ0v) is 15.5. The van der Waals surface area contributed by atoms with Gasteiger partial charge >= 0.3 is 0 Å². The molecule has 1 atom stereocenters. The van der Waals surface area contributed by atoms with Crippen molar-refractivity contribution in [3.05, 3.63) is 52.2 Å². The Kier molecular flexibility index (Phi) is 5.43. The number of thiocarbonyl (C=S) groups is 1. The van der Waals surface area contributed by atoms with E-state index >= 15 is 0 Å². The third kappa shape index (κ3) is 3.81. The van der Waals surface area contributed by atoms with Crippen molar-refractivity contribution in [1.82, 2.24) is 10.6 Å². The van der Waals surface area contributed by atoms with Crippen molar-refractivity contribution in [3.8, 4) is 5.75 Å². The first-order valence-corrected chi connectivity index (χ1v) is 9.14. The van der Waals surface area contributed by atoms with Crippen LogP contribution in [0, 0.1) is 5.92 Å². The lowest BCUT2D eigenvalue weighted by atomic mass is 9.80. The van der Waals surface area contributed by atoms with Crippen LogP contribution in [0.1, 0.15) is 27.6 Å². The van der Waals surface area contributed by atoms with Crippen LogP contribution in [0.25, 0.3) is 0 Å². The highest BCUT2D eigenvalue weighted by Crippen LogP contribution is 2.33. The van der Waals surface area contributed by atoms with Crippen LogP contribution in [0.3, 0.4) is 0 Å². The normalized spacial score (nSPS) is 16.0. The molecule has 0 radical (unpaired) electrons. The highest BCUT2D eigenvalue weighted by atomic mass is 32.1. The predicted octanol–water partition coefficient (Wildman–Crippen LogP) is 2.26. The molecule has 0 spiro atoms. The first-order chi connectivity index (χ1) is 12.5. The molecular weight excluding hydrogens is 372 g/mol. The Balaban J connectivity index is 1.94. The number of carbonyl (C=O) groups is 3. The third-order valence-corrected chi connectivity index (χ3v) is 5.30. The van der Waals surface area contributed by atoms with E-state index in [9.17, 15) is 14.4 Å². The van der Waals surface area contributed by atoms with E-state index in [1.54, 1.807) is 43.5 Å². The molecule has 1 saturated heterocycles. The minimum absolute atomic E-state index is 0.0192. The molecule has 26 heavy (non-hydrogen) atoms. The number of hydrogen-bond acceptors (Lipinski definition) is 6. The molecular formula is C18H16N2O4S2. The second kappa shape index (κ2) is 7.76. The van der Waals surface area contributed by atoms with Gasteiger partial charge in [0.1, 0.15) is 11.7 Å².